The molecule has 2 aromatic carbocycles. The van der Waals surface area contributed by atoms with E-state index in [1.54, 1.807) is 16.7 Å². The molecule has 0 unspecified atom stereocenters. The molecule has 1 saturated heterocycles. The SMILES string of the molecule is CSc1cccc(N2C[C@@H](C(=O)O[C@H](C)C(=O)Nc3ccc(S(N)(=O)=O)cc3)CC2=O)c1. The third-order valence-electron chi connectivity index (χ3n) is 4.94. The molecule has 2 aromatic rings. The van der Waals surface area contributed by atoms with Crippen molar-refractivity contribution in [1.82, 2.24) is 0 Å². The van der Waals surface area contributed by atoms with Gasteiger partial charge in [0.15, 0.2) is 6.10 Å². The first-order chi connectivity index (χ1) is 15.1. The number of nitrogens with one attached hydrogen (secondary N) is 1. The number of esters is 1. The molecule has 1 aliphatic rings. The highest BCUT2D eigenvalue weighted by Crippen LogP contribution is 2.29. The lowest BCUT2D eigenvalue weighted by molar-refractivity contribution is -0.157. The first-order valence-electron chi connectivity index (χ1n) is 9.67. The summed E-state index contributed by atoms with van der Waals surface area (Å²) >= 11 is 1.55. The van der Waals surface area contributed by atoms with E-state index in [0.29, 0.717) is 11.4 Å². The van der Waals surface area contributed by atoms with Gasteiger partial charge in [-0.2, -0.15) is 0 Å². The number of benzene rings is 2. The minimum absolute atomic E-state index is 0.00565. The summed E-state index contributed by atoms with van der Waals surface area (Å²) in [5.41, 5.74) is 1.03. The normalized spacial score (nSPS) is 17.2. The quantitative estimate of drug-likeness (QED) is 0.460. The minimum Gasteiger partial charge on any atom is -0.452 e. The van der Waals surface area contributed by atoms with Crippen molar-refractivity contribution in [3.05, 3.63) is 48.5 Å². The van der Waals surface area contributed by atoms with Gasteiger partial charge in [-0.05, 0) is 55.6 Å². The topological polar surface area (TPSA) is 136 Å². The van der Waals surface area contributed by atoms with Crippen LogP contribution >= 0.6 is 11.8 Å². The average Bonchev–Trinajstić information content (AvgIpc) is 3.15. The average molecular weight is 478 g/mol. The largest absolute Gasteiger partial charge is 0.452 e. The number of primary sulfonamides is 1. The fourth-order valence-corrected chi connectivity index (χ4v) is 4.16. The Morgan fingerprint density at radius 3 is 2.53 bits per heavy atom. The second-order valence-corrected chi connectivity index (χ2v) is 9.69. The Bertz CT molecular complexity index is 1130. The molecule has 32 heavy (non-hydrogen) atoms. The highest BCUT2D eigenvalue weighted by molar-refractivity contribution is 7.98. The molecule has 0 bridgehead atoms. The standard InChI is InChI=1S/C21H23N3O6S2/c1-13(20(26)23-15-6-8-18(9-7-15)32(22,28)29)30-21(27)14-10-19(25)24(12-14)16-4-3-5-17(11-16)31-2/h3-9,11,13-14H,10,12H2,1-2H3,(H,23,26)(H2,22,28,29)/t13-,14+/m1/s1. The summed E-state index contributed by atoms with van der Waals surface area (Å²) in [7, 11) is -3.84. The minimum atomic E-state index is -3.84. The second kappa shape index (κ2) is 9.72. The molecule has 2 atom stereocenters. The summed E-state index contributed by atoms with van der Waals surface area (Å²) < 4.78 is 27.9. The summed E-state index contributed by atoms with van der Waals surface area (Å²) in [5.74, 6) is -2.08. The molecule has 0 aliphatic carbocycles. The Balaban J connectivity index is 1.58. The van der Waals surface area contributed by atoms with Crippen LogP contribution < -0.4 is 15.4 Å². The molecule has 170 valence electrons. The molecule has 2 amide bonds. The lowest BCUT2D eigenvalue weighted by atomic mass is 10.1. The van der Waals surface area contributed by atoms with Crippen molar-refractivity contribution in [2.24, 2.45) is 11.1 Å². The zero-order chi connectivity index (χ0) is 23.5. The van der Waals surface area contributed by atoms with Crippen LogP contribution in [0.2, 0.25) is 0 Å². The molecule has 0 radical (unpaired) electrons. The van der Waals surface area contributed by atoms with Crippen LogP contribution in [0.25, 0.3) is 0 Å². The van der Waals surface area contributed by atoms with Crippen LogP contribution in [0.5, 0.6) is 0 Å². The van der Waals surface area contributed by atoms with Crippen LogP contribution in [-0.4, -0.2) is 45.1 Å². The Labute approximate surface area is 190 Å². The molecular formula is C21H23N3O6S2. The van der Waals surface area contributed by atoms with E-state index in [9.17, 15) is 22.8 Å². The zero-order valence-corrected chi connectivity index (χ0v) is 19.1. The fraction of sp³-hybridized carbons (Fsp3) is 0.286. The van der Waals surface area contributed by atoms with Gasteiger partial charge in [0.05, 0.1) is 10.8 Å². The summed E-state index contributed by atoms with van der Waals surface area (Å²) in [6.45, 7) is 1.60. The number of nitrogens with zero attached hydrogens (tertiary/aromatic N) is 1. The van der Waals surface area contributed by atoms with Gasteiger partial charge < -0.3 is 15.0 Å². The second-order valence-electron chi connectivity index (χ2n) is 7.24. The van der Waals surface area contributed by atoms with E-state index in [-0.39, 0.29) is 23.8 Å². The third kappa shape index (κ3) is 5.67. The maximum atomic E-state index is 12.5. The molecule has 1 aliphatic heterocycles. The summed E-state index contributed by atoms with van der Waals surface area (Å²) in [4.78, 5) is 39.8. The number of ether oxygens (including phenoxy) is 1. The number of amides is 2. The lowest BCUT2D eigenvalue weighted by Gasteiger charge is -2.18. The van der Waals surface area contributed by atoms with E-state index in [1.807, 2.05) is 30.5 Å². The van der Waals surface area contributed by atoms with Gasteiger partial charge in [-0.25, -0.2) is 13.6 Å². The number of nitrogens with two attached hydrogens (primary N) is 1. The zero-order valence-electron chi connectivity index (χ0n) is 17.5. The van der Waals surface area contributed by atoms with Gasteiger partial charge in [0, 0.05) is 29.2 Å². The van der Waals surface area contributed by atoms with E-state index in [0.717, 1.165) is 4.90 Å². The van der Waals surface area contributed by atoms with Gasteiger partial charge in [0.2, 0.25) is 15.9 Å². The Morgan fingerprint density at radius 2 is 1.91 bits per heavy atom. The van der Waals surface area contributed by atoms with E-state index in [2.05, 4.69) is 5.32 Å². The summed E-state index contributed by atoms with van der Waals surface area (Å²) in [6.07, 6.45) is 0.835. The number of carbonyl (C=O) groups is 3. The first-order valence-corrected chi connectivity index (χ1v) is 12.4. The fourth-order valence-electron chi connectivity index (χ4n) is 3.19. The number of thioether (sulfide) groups is 1. The van der Waals surface area contributed by atoms with Crippen molar-refractivity contribution in [2.45, 2.75) is 29.2 Å². The number of anilines is 2. The smallest absolute Gasteiger partial charge is 0.312 e. The highest BCUT2D eigenvalue weighted by atomic mass is 32.2. The molecule has 0 aromatic heterocycles. The molecule has 11 heteroatoms. The van der Waals surface area contributed by atoms with E-state index in [4.69, 9.17) is 9.88 Å². The number of hydrogen-bond acceptors (Lipinski definition) is 7. The van der Waals surface area contributed by atoms with Crippen LogP contribution in [0.1, 0.15) is 13.3 Å². The van der Waals surface area contributed by atoms with Gasteiger partial charge in [-0.1, -0.05) is 6.07 Å². The monoisotopic (exact) mass is 477 g/mol. The van der Waals surface area contributed by atoms with Crippen LogP contribution in [-0.2, 0) is 29.1 Å². The van der Waals surface area contributed by atoms with Gasteiger partial charge >= 0.3 is 5.97 Å². The van der Waals surface area contributed by atoms with Gasteiger partial charge in [0.25, 0.3) is 5.91 Å². The molecule has 0 spiro atoms. The maximum Gasteiger partial charge on any atom is 0.312 e. The predicted octanol–water partition coefficient (Wildman–Crippen LogP) is 1.98. The van der Waals surface area contributed by atoms with Crippen molar-refractivity contribution < 1.29 is 27.5 Å². The molecule has 3 N–H and O–H groups in total. The Kier molecular flexibility index (Phi) is 7.22. The van der Waals surface area contributed by atoms with Gasteiger partial charge in [-0.15, -0.1) is 11.8 Å². The number of hydrogen-bond donors (Lipinski definition) is 2. The highest BCUT2D eigenvalue weighted by Gasteiger charge is 2.37. The van der Waals surface area contributed by atoms with Crippen LogP contribution in [0.3, 0.4) is 0 Å². The van der Waals surface area contributed by atoms with Crippen molar-refractivity contribution in [3.63, 3.8) is 0 Å². The molecular weight excluding hydrogens is 454 g/mol. The van der Waals surface area contributed by atoms with Gasteiger partial charge in [0.1, 0.15) is 0 Å². The van der Waals surface area contributed by atoms with Crippen molar-refractivity contribution in [2.75, 3.05) is 23.0 Å². The molecule has 1 fully saturated rings. The Hall–Kier alpha value is -2.89. The number of carbonyl (C=O) groups excluding carboxylic acids is 3. The summed E-state index contributed by atoms with van der Waals surface area (Å²) in [5, 5.41) is 7.58. The maximum absolute atomic E-state index is 12.5. The third-order valence-corrected chi connectivity index (χ3v) is 6.59. The predicted molar refractivity (Wildman–Crippen MR) is 121 cm³/mol. The van der Waals surface area contributed by atoms with Crippen LogP contribution in [0.4, 0.5) is 11.4 Å². The number of sulfonamides is 1. The summed E-state index contributed by atoms with van der Waals surface area (Å²) in [6, 6.07) is 12.7. The molecule has 1 heterocycles. The van der Waals surface area contributed by atoms with Crippen LogP contribution in [0.15, 0.2) is 58.3 Å². The van der Waals surface area contributed by atoms with E-state index < -0.39 is 33.9 Å². The number of rotatable bonds is 7. The van der Waals surface area contributed by atoms with E-state index >= 15 is 0 Å². The van der Waals surface area contributed by atoms with Crippen molar-refractivity contribution >= 4 is 50.9 Å². The van der Waals surface area contributed by atoms with Crippen molar-refractivity contribution in [3.8, 4) is 0 Å². The Morgan fingerprint density at radius 1 is 1.22 bits per heavy atom. The lowest BCUT2D eigenvalue weighted by Crippen LogP contribution is -2.33. The van der Waals surface area contributed by atoms with Crippen LogP contribution in [0, 0.1) is 5.92 Å². The molecule has 9 nitrogen and oxygen atoms in total. The van der Waals surface area contributed by atoms with E-state index in [1.165, 1.54) is 31.2 Å². The first kappa shape index (κ1) is 23.8. The molecule has 0 saturated carbocycles. The van der Waals surface area contributed by atoms with Gasteiger partial charge in [-0.3, -0.25) is 14.4 Å². The molecule has 3 rings (SSSR count). The van der Waals surface area contributed by atoms with Crippen molar-refractivity contribution in [1.29, 1.82) is 0 Å².